The van der Waals surface area contributed by atoms with Gasteiger partial charge in [-0.1, -0.05) is 47.5 Å². The summed E-state index contributed by atoms with van der Waals surface area (Å²) in [5.74, 6) is -0.275. The Hall–Kier alpha value is -0.710. The van der Waals surface area contributed by atoms with E-state index >= 15 is 0 Å². The molecule has 0 aliphatic rings. The molecule has 0 radical (unpaired) electrons. The Morgan fingerprint density at radius 2 is 1.86 bits per heavy atom. The van der Waals surface area contributed by atoms with Gasteiger partial charge in [0.25, 0.3) is 0 Å². The highest BCUT2D eigenvalue weighted by molar-refractivity contribution is 7.98. The third-order valence-corrected chi connectivity index (χ3v) is 4.83. The highest BCUT2D eigenvalue weighted by Crippen LogP contribution is 2.38. The van der Waals surface area contributed by atoms with E-state index in [9.17, 15) is 5.11 Å². The first-order chi connectivity index (χ1) is 10.1. The molecule has 0 saturated heterocycles. The number of halogens is 2. The van der Waals surface area contributed by atoms with E-state index in [1.165, 1.54) is 0 Å². The fourth-order valence-electron chi connectivity index (χ4n) is 2.36. The van der Waals surface area contributed by atoms with Crippen molar-refractivity contribution in [1.29, 1.82) is 0 Å². The molecule has 2 unspecified atom stereocenters. The van der Waals surface area contributed by atoms with Crippen LogP contribution in [-0.2, 0) is 0 Å². The molecule has 2 aromatic rings. The molecule has 2 nitrogen and oxygen atoms in total. The first kappa shape index (κ1) is 16.7. The van der Waals surface area contributed by atoms with Crippen molar-refractivity contribution in [2.45, 2.75) is 16.9 Å². The molecule has 0 heterocycles. The first-order valence-corrected chi connectivity index (χ1v) is 8.52. The summed E-state index contributed by atoms with van der Waals surface area (Å²) in [6, 6.07) is 13.0. The molecule has 0 amide bonds. The third-order valence-electron chi connectivity index (χ3n) is 3.45. The summed E-state index contributed by atoms with van der Waals surface area (Å²) in [5.41, 5.74) is 7.56. The lowest BCUT2D eigenvalue weighted by molar-refractivity contribution is 0.145. The van der Waals surface area contributed by atoms with Crippen LogP contribution in [0.1, 0.15) is 23.1 Å². The standard InChI is InChI=1S/C16H17Cl2NOS/c1-21-15-5-3-2-4-12(15)16(20)13(9-19)11-7-6-10(17)8-14(11)18/h2-8,13,16,20H,9,19H2,1H3. The Morgan fingerprint density at radius 1 is 1.14 bits per heavy atom. The second-order valence-corrected chi connectivity index (χ2v) is 6.39. The summed E-state index contributed by atoms with van der Waals surface area (Å²) in [5, 5.41) is 11.8. The quantitative estimate of drug-likeness (QED) is 0.787. The summed E-state index contributed by atoms with van der Waals surface area (Å²) in [4.78, 5) is 1.04. The zero-order valence-electron chi connectivity index (χ0n) is 11.6. The zero-order valence-corrected chi connectivity index (χ0v) is 13.9. The summed E-state index contributed by atoms with van der Waals surface area (Å²) in [7, 11) is 0. The molecule has 21 heavy (non-hydrogen) atoms. The highest BCUT2D eigenvalue weighted by atomic mass is 35.5. The van der Waals surface area contributed by atoms with Crippen molar-refractivity contribution in [1.82, 2.24) is 0 Å². The zero-order chi connectivity index (χ0) is 15.4. The molecule has 2 aromatic carbocycles. The van der Waals surface area contributed by atoms with E-state index in [2.05, 4.69) is 0 Å². The van der Waals surface area contributed by atoms with Crippen LogP contribution in [0.5, 0.6) is 0 Å². The maximum absolute atomic E-state index is 10.8. The fraction of sp³-hybridized carbons (Fsp3) is 0.250. The number of nitrogens with two attached hydrogens (primary N) is 1. The number of benzene rings is 2. The Balaban J connectivity index is 2.40. The third kappa shape index (κ3) is 3.74. The van der Waals surface area contributed by atoms with Gasteiger partial charge in [0.1, 0.15) is 0 Å². The van der Waals surface area contributed by atoms with Gasteiger partial charge in [-0.2, -0.15) is 0 Å². The van der Waals surface area contributed by atoms with Crippen LogP contribution in [0.2, 0.25) is 10.0 Å². The molecule has 2 atom stereocenters. The molecule has 2 rings (SSSR count). The van der Waals surface area contributed by atoms with Crippen molar-refractivity contribution < 1.29 is 5.11 Å². The van der Waals surface area contributed by atoms with E-state index in [4.69, 9.17) is 28.9 Å². The van der Waals surface area contributed by atoms with Gasteiger partial charge in [-0.3, -0.25) is 0 Å². The second-order valence-electron chi connectivity index (χ2n) is 4.69. The van der Waals surface area contributed by atoms with Gasteiger partial charge in [0.05, 0.1) is 6.10 Å². The molecular weight excluding hydrogens is 325 g/mol. The summed E-state index contributed by atoms with van der Waals surface area (Å²) in [6.07, 6.45) is 1.27. The molecule has 5 heteroatoms. The topological polar surface area (TPSA) is 46.2 Å². The molecule has 112 valence electrons. The van der Waals surface area contributed by atoms with Crippen LogP contribution in [0.4, 0.5) is 0 Å². The molecular formula is C16H17Cl2NOS. The summed E-state index contributed by atoms with van der Waals surface area (Å²) in [6.45, 7) is 0.297. The SMILES string of the molecule is CSc1ccccc1C(O)C(CN)c1ccc(Cl)cc1Cl. The predicted octanol–water partition coefficient (Wildman–Crippen LogP) is 4.49. The monoisotopic (exact) mass is 341 g/mol. The van der Waals surface area contributed by atoms with Gasteiger partial charge < -0.3 is 10.8 Å². The number of rotatable bonds is 5. The number of hydrogen-bond acceptors (Lipinski definition) is 3. The van der Waals surface area contributed by atoms with Crippen molar-refractivity contribution in [3.63, 3.8) is 0 Å². The first-order valence-electron chi connectivity index (χ1n) is 6.54. The maximum Gasteiger partial charge on any atom is 0.0882 e. The normalized spacial score (nSPS) is 14.0. The van der Waals surface area contributed by atoms with Crippen LogP contribution in [0.3, 0.4) is 0 Å². The molecule has 0 bridgehead atoms. The van der Waals surface area contributed by atoms with Gasteiger partial charge in [-0.25, -0.2) is 0 Å². The lowest BCUT2D eigenvalue weighted by Gasteiger charge is -2.24. The molecule has 0 fully saturated rings. The lowest BCUT2D eigenvalue weighted by Crippen LogP contribution is -2.21. The van der Waals surface area contributed by atoms with E-state index in [1.807, 2.05) is 36.6 Å². The second kappa shape index (κ2) is 7.52. The van der Waals surface area contributed by atoms with E-state index in [0.717, 1.165) is 16.0 Å². The van der Waals surface area contributed by atoms with Crippen molar-refractivity contribution in [2.24, 2.45) is 5.73 Å². The minimum Gasteiger partial charge on any atom is -0.388 e. The average Bonchev–Trinajstić information content (AvgIpc) is 2.49. The van der Waals surface area contributed by atoms with Gasteiger partial charge in [-0.05, 0) is 35.6 Å². The van der Waals surface area contributed by atoms with Crippen LogP contribution in [-0.4, -0.2) is 17.9 Å². The van der Waals surface area contributed by atoms with Crippen LogP contribution in [0, 0.1) is 0 Å². The van der Waals surface area contributed by atoms with Gasteiger partial charge in [0.15, 0.2) is 0 Å². The molecule has 0 aliphatic heterocycles. The Labute approximate surface area is 139 Å². The molecule has 0 saturated carbocycles. The fourth-order valence-corrected chi connectivity index (χ4v) is 3.54. The van der Waals surface area contributed by atoms with E-state index in [0.29, 0.717) is 16.6 Å². The summed E-state index contributed by atoms with van der Waals surface area (Å²) < 4.78 is 0. The van der Waals surface area contributed by atoms with Gasteiger partial charge in [0.2, 0.25) is 0 Å². The van der Waals surface area contributed by atoms with Crippen molar-refractivity contribution >= 4 is 35.0 Å². The molecule has 0 spiro atoms. The Kier molecular flexibility index (Phi) is 5.97. The van der Waals surface area contributed by atoms with Crippen LogP contribution < -0.4 is 5.73 Å². The van der Waals surface area contributed by atoms with Gasteiger partial charge >= 0.3 is 0 Å². The minimum atomic E-state index is -0.711. The van der Waals surface area contributed by atoms with Crippen molar-refractivity contribution in [2.75, 3.05) is 12.8 Å². The van der Waals surface area contributed by atoms with E-state index in [1.54, 1.807) is 23.9 Å². The summed E-state index contributed by atoms with van der Waals surface area (Å²) >= 11 is 13.8. The van der Waals surface area contributed by atoms with Crippen LogP contribution in [0.15, 0.2) is 47.4 Å². The Morgan fingerprint density at radius 3 is 2.48 bits per heavy atom. The highest BCUT2D eigenvalue weighted by Gasteiger charge is 2.25. The van der Waals surface area contributed by atoms with Gasteiger partial charge in [-0.15, -0.1) is 11.8 Å². The smallest absolute Gasteiger partial charge is 0.0882 e. The van der Waals surface area contributed by atoms with Crippen molar-refractivity contribution in [3.05, 3.63) is 63.6 Å². The van der Waals surface area contributed by atoms with Crippen LogP contribution >= 0.6 is 35.0 Å². The molecule has 3 N–H and O–H groups in total. The predicted molar refractivity (Wildman–Crippen MR) is 91.4 cm³/mol. The van der Waals surface area contributed by atoms with Crippen molar-refractivity contribution in [3.8, 4) is 0 Å². The lowest BCUT2D eigenvalue weighted by atomic mass is 9.89. The average molecular weight is 342 g/mol. The number of aliphatic hydroxyl groups excluding tert-OH is 1. The maximum atomic E-state index is 10.8. The van der Waals surface area contributed by atoms with E-state index < -0.39 is 6.10 Å². The molecule has 0 aromatic heterocycles. The number of hydrogen-bond donors (Lipinski definition) is 2. The van der Waals surface area contributed by atoms with E-state index in [-0.39, 0.29) is 5.92 Å². The Bertz CT molecular complexity index is 621. The largest absolute Gasteiger partial charge is 0.388 e. The van der Waals surface area contributed by atoms with Crippen LogP contribution in [0.25, 0.3) is 0 Å². The number of aliphatic hydroxyl groups is 1. The number of thioether (sulfide) groups is 1. The molecule has 0 aliphatic carbocycles. The minimum absolute atomic E-state index is 0.275. The van der Waals surface area contributed by atoms with Gasteiger partial charge in [0, 0.05) is 27.4 Å².